The molecule has 0 unspecified atom stereocenters. The van der Waals surface area contributed by atoms with Gasteiger partial charge in [0.1, 0.15) is 0 Å². The van der Waals surface area contributed by atoms with Crippen LogP contribution in [0.4, 0.5) is 0 Å². The Morgan fingerprint density at radius 1 is 1.40 bits per heavy atom. The zero-order valence-electron chi connectivity index (χ0n) is 5.75. The van der Waals surface area contributed by atoms with Crippen LogP contribution in [0.2, 0.25) is 0 Å². The molecule has 0 aromatic rings. The molecule has 0 radical (unpaired) electrons. The van der Waals surface area contributed by atoms with Gasteiger partial charge in [0.25, 0.3) is 0 Å². The third-order valence-corrected chi connectivity index (χ3v) is 1.13. The average molecular weight is 142 g/mol. The van der Waals surface area contributed by atoms with E-state index in [1.54, 1.807) is 0 Å². The smallest absolute Gasteiger partial charge is 0.203 e. The van der Waals surface area contributed by atoms with Gasteiger partial charge in [0, 0.05) is 17.8 Å². The number of nitro groups is 1. The second-order valence-corrected chi connectivity index (χ2v) is 2.03. The molecular weight excluding hydrogens is 132 g/mol. The van der Waals surface area contributed by atoms with Crippen LogP contribution in [0.25, 0.3) is 0 Å². The van der Waals surface area contributed by atoms with Crippen molar-refractivity contribution in [3.8, 4) is 6.07 Å². The quantitative estimate of drug-likeness (QED) is 0.330. The highest BCUT2D eigenvalue weighted by Gasteiger charge is 1.95. The van der Waals surface area contributed by atoms with Crippen molar-refractivity contribution in [2.24, 2.45) is 0 Å². The number of hydrogen-bond donors (Lipinski definition) is 0. The van der Waals surface area contributed by atoms with Crippen LogP contribution < -0.4 is 0 Å². The number of nitrogens with zero attached hydrogens (tertiary/aromatic N) is 2. The van der Waals surface area contributed by atoms with Crippen molar-refractivity contribution in [2.45, 2.75) is 25.7 Å². The Bertz CT molecular complexity index is 139. The monoisotopic (exact) mass is 142 g/mol. The van der Waals surface area contributed by atoms with Crippen molar-refractivity contribution in [1.82, 2.24) is 0 Å². The number of nitriles is 1. The van der Waals surface area contributed by atoms with E-state index in [0.29, 0.717) is 12.8 Å². The van der Waals surface area contributed by atoms with Gasteiger partial charge in [-0.1, -0.05) is 0 Å². The molecule has 0 aromatic heterocycles. The molecule has 0 spiro atoms. The fourth-order valence-corrected chi connectivity index (χ4v) is 0.622. The molecule has 0 N–H and O–H groups in total. The van der Waals surface area contributed by atoms with Crippen LogP contribution in [0, 0.1) is 21.4 Å². The second kappa shape index (κ2) is 6.02. The summed E-state index contributed by atoms with van der Waals surface area (Å²) in [6.07, 6.45) is 2.67. The molecule has 0 aromatic carbocycles. The molecule has 10 heavy (non-hydrogen) atoms. The Morgan fingerprint density at radius 3 is 2.60 bits per heavy atom. The number of hydrogen-bond acceptors (Lipinski definition) is 3. The van der Waals surface area contributed by atoms with E-state index in [4.69, 9.17) is 5.26 Å². The molecule has 0 rings (SSSR count). The Balaban J connectivity index is 2.92. The van der Waals surface area contributed by atoms with E-state index in [0.717, 1.165) is 12.8 Å². The van der Waals surface area contributed by atoms with E-state index in [-0.39, 0.29) is 11.5 Å². The second-order valence-electron chi connectivity index (χ2n) is 2.03. The van der Waals surface area contributed by atoms with E-state index in [1.807, 2.05) is 6.07 Å². The molecule has 0 aliphatic carbocycles. The molecule has 0 saturated heterocycles. The minimum Gasteiger partial charge on any atom is -0.265 e. The molecule has 0 fully saturated rings. The maximum absolute atomic E-state index is 9.77. The van der Waals surface area contributed by atoms with E-state index >= 15 is 0 Å². The average Bonchev–Trinajstić information content (AvgIpc) is 1.87. The molecule has 0 aliphatic heterocycles. The minimum atomic E-state index is -0.327. The Kier molecular flexibility index (Phi) is 5.35. The first-order valence-electron chi connectivity index (χ1n) is 3.26. The summed E-state index contributed by atoms with van der Waals surface area (Å²) in [6, 6.07) is 1.99. The van der Waals surface area contributed by atoms with Crippen LogP contribution in [-0.2, 0) is 0 Å². The summed E-state index contributed by atoms with van der Waals surface area (Å²) in [7, 11) is 0. The van der Waals surface area contributed by atoms with E-state index in [9.17, 15) is 10.1 Å². The first-order valence-corrected chi connectivity index (χ1v) is 3.26. The summed E-state index contributed by atoms with van der Waals surface area (Å²) in [6.45, 7) is 0.0332. The van der Waals surface area contributed by atoms with Gasteiger partial charge in [0.15, 0.2) is 0 Å². The third kappa shape index (κ3) is 6.89. The Hall–Kier alpha value is -1.11. The number of rotatable bonds is 5. The largest absolute Gasteiger partial charge is 0.265 e. The molecule has 0 aliphatic rings. The van der Waals surface area contributed by atoms with Crippen molar-refractivity contribution in [2.75, 3.05) is 6.54 Å². The standard InChI is InChI=1S/C6H10N2O2/c7-5-3-1-2-4-6-8(9)10/h1-4,6H2. The summed E-state index contributed by atoms with van der Waals surface area (Å²) in [5.74, 6) is 0. The van der Waals surface area contributed by atoms with Crippen LogP contribution in [-0.4, -0.2) is 11.5 Å². The van der Waals surface area contributed by atoms with Gasteiger partial charge in [-0.3, -0.25) is 10.1 Å². The van der Waals surface area contributed by atoms with Crippen LogP contribution in [0.1, 0.15) is 25.7 Å². The zero-order valence-corrected chi connectivity index (χ0v) is 5.75. The van der Waals surface area contributed by atoms with Gasteiger partial charge >= 0.3 is 0 Å². The highest BCUT2D eigenvalue weighted by molar-refractivity contribution is 4.67. The van der Waals surface area contributed by atoms with Gasteiger partial charge < -0.3 is 0 Å². The third-order valence-electron chi connectivity index (χ3n) is 1.13. The van der Waals surface area contributed by atoms with Gasteiger partial charge in [-0.25, -0.2) is 0 Å². The first kappa shape index (κ1) is 8.89. The molecule has 56 valence electrons. The summed E-state index contributed by atoms with van der Waals surface area (Å²) in [5.41, 5.74) is 0. The van der Waals surface area contributed by atoms with E-state index < -0.39 is 0 Å². The Labute approximate surface area is 59.6 Å². The molecule has 4 nitrogen and oxygen atoms in total. The summed E-state index contributed by atoms with van der Waals surface area (Å²) < 4.78 is 0. The fourth-order valence-electron chi connectivity index (χ4n) is 0.622. The summed E-state index contributed by atoms with van der Waals surface area (Å²) in [5, 5.41) is 17.9. The molecule has 0 heterocycles. The van der Waals surface area contributed by atoms with Crippen molar-refractivity contribution in [3.63, 3.8) is 0 Å². The maximum Gasteiger partial charge on any atom is 0.203 e. The fraction of sp³-hybridized carbons (Fsp3) is 0.833. The van der Waals surface area contributed by atoms with Crippen molar-refractivity contribution in [1.29, 1.82) is 5.26 Å². The van der Waals surface area contributed by atoms with Crippen LogP contribution in [0.15, 0.2) is 0 Å². The highest BCUT2D eigenvalue weighted by atomic mass is 16.6. The zero-order chi connectivity index (χ0) is 7.82. The lowest BCUT2D eigenvalue weighted by atomic mass is 10.2. The van der Waals surface area contributed by atoms with Gasteiger partial charge in [0.05, 0.1) is 6.07 Å². The van der Waals surface area contributed by atoms with Crippen LogP contribution >= 0.6 is 0 Å². The predicted octanol–water partition coefficient (Wildman–Crippen LogP) is 1.35. The van der Waals surface area contributed by atoms with Crippen molar-refractivity contribution >= 4 is 0 Å². The molecule has 0 bridgehead atoms. The summed E-state index contributed by atoms with van der Waals surface area (Å²) >= 11 is 0. The normalized spacial score (nSPS) is 8.70. The minimum absolute atomic E-state index is 0.0332. The van der Waals surface area contributed by atoms with Gasteiger partial charge in [0.2, 0.25) is 6.54 Å². The topological polar surface area (TPSA) is 66.9 Å². The van der Waals surface area contributed by atoms with Crippen LogP contribution in [0.3, 0.4) is 0 Å². The van der Waals surface area contributed by atoms with Crippen molar-refractivity contribution in [3.05, 3.63) is 10.1 Å². The lowest BCUT2D eigenvalue weighted by Gasteiger charge is -1.90. The molecular formula is C6H10N2O2. The van der Waals surface area contributed by atoms with Gasteiger partial charge in [-0.15, -0.1) is 0 Å². The van der Waals surface area contributed by atoms with Gasteiger partial charge in [-0.05, 0) is 12.8 Å². The molecule has 0 saturated carbocycles. The molecule has 4 heteroatoms. The Morgan fingerprint density at radius 2 is 2.10 bits per heavy atom. The molecule has 0 amide bonds. The van der Waals surface area contributed by atoms with Gasteiger partial charge in [-0.2, -0.15) is 5.26 Å². The SMILES string of the molecule is N#CCCCCC[N+](=O)[O-]. The predicted molar refractivity (Wildman–Crippen MR) is 35.9 cm³/mol. The van der Waals surface area contributed by atoms with E-state index in [2.05, 4.69) is 0 Å². The first-order chi connectivity index (χ1) is 4.77. The summed E-state index contributed by atoms with van der Waals surface area (Å²) in [4.78, 5) is 9.45. The number of unbranched alkanes of at least 4 members (excludes halogenated alkanes) is 3. The highest BCUT2D eigenvalue weighted by Crippen LogP contribution is 1.97. The molecule has 0 atom stereocenters. The van der Waals surface area contributed by atoms with E-state index in [1.165, 1.54) is 0 Å². The maximum atomic E-state index is 9.77. The van der Waals surface area contributed by atoms with Crippen LogP contribution in [0.5, 0.6) is 0 Å². The van der Waals surface area contributed by atoms with Crippen molar-refractivity contribution < 1.29 is 4.92 Å². The lowest BCUT2D eigenvalue weighted by molar-refractivity contribution is -0.480. The lowest BCUT2D eigenvalue weighted by Crippen LogP contribution is -1.99.